The van der Waals surface area contributed by atoms with Crippen molar-refractivity contribution in [1.82, 2.24) is 19.7 Å². The number of hydrogen-bond acceptors (Lipinski definition) is 5. The lowest BCUT2D eigenvalue weighted by molar-refractivity contribution is 0.770. The van der Waals surface area contributed by atoms with Crippen LogP contribution in [0.2, 0.25) is 0 Å². The maximum atomic E-state index is 4.57. The summed E-state index contributed by atoms with van der Waals surface area (Å²) in [6, 6.07) is 12.1. The van der Waals surface area contributed by atoms with Gasteiger partial charge in [0.05, 0.1) is 5.69 Å². The second kappa shape index (κ2) is 6.48. The molecule has 0 unspecified atom stereocenters. The van der Waals surface area contributed by atoms with Crippen LogP contribution in [-0.2, 0) is 13.6 Å². The Kier molecular flexibility index (Phi) is 4.23. The molecule has 118 valence electrons. The van der Waals surface area contributed by atoms with E-state index in [1.807, 2.05) is 61.2 Å². The lowest BCUT2D eigenvalue weighted by Crippen LogP contribution is -2.12. The van der Waals surface area contributed by atoms with E-state index in [1.54, 1.807) is 6.20 Å². The molecule has 23 heavy (non-hydrogen) atoms. The zero-order chi connectivity index (χ0) is 16.2. The van der Waals surface area contributed by atoms with Crippen molar-refractivity contribution >= 4 is 11.8 Å². The van der Waals surface area contributed by atoms with Crippen molar-refractivity contribution in [2.75, 3.05) is 24.3 Å². The molecular weight excluding hydrogens is 288 g/mol. The first-order valence-corrected chi connectivity index (χ1v) is 7.45. The average molecular weight is 308 g/mol. The minimum absolute atomic E-state index is 0.610. The molecule has 0 aliphatic rings. The van der Waals surface area contributed by atoms with Crippen molar-refractivity contribution in [3.8, 4) is 11.3 Å². The molecule has 3 rings (SSSR count). The Morgan fingerprint density at radius 3 is 2.65 bits per heavy atom. The first-order valence-electron chi connectivity index (χ1n) is 7.45. The molecule has 2 aromatic heterocycles. The van der Waals surface area contributed by atoms with Gasteiger partial charge >= 0.3 is 0 Å². The summed E-state index contributed by atoms with van der Waals surface area (Å²) in [7, 11) is 5.85. The van der Waals surface area contributed by atoms with Crippen LogP contribution in [-0.4, -0.2) is 33.8 Å². The predicted octanol–water partition coefficient (Wildman–Crippen LogP) is 2.56. The van der Waals surface area contributed by atoms with Crippen molar-refractivity contribution in [1.29, 1.82) is 0 Å². The Hall–Kier alpha value is -2.89. The fraction of sp³-hybridized carbons (Fsp3) is 0.235. The van der Waals surface area contributed by atoms with E-state index in [4.69, 9.17) is 0 Å². The van der Waals surface area contributed by atoms with Crippen molar-refractivity contribution in [2.24, 2.45) is 7.05 Å². The van der Waals surface area contributed by atoms with E-state index in [2.05, 4.69) is 32.5 Å². The second-order valence-electron chi connectivity index (χ2n) is 5.53. The van der Waals surface area contributed by atoms with E-state index in [1.165, 1.54) is 0 Å². The number of nitrogens with zero attached hydrogens (tertiary/aromatic N) is 5. The smallest absolute Gasteiger partial charge is 0.224 e. The van der Waals surface area contributed by atoms with E-state index in [-0.39, 0.29) is 0 Å². The summed E-state index contributed by atoms with van der Waals surface area (Å²) in [6.07, 6.45) is 3.77. The van der Waals surface area contributed by atoms with Gasteiger partial charge in [0.1, 0.15) is 5.82 Å². The molecule has 0 amide bonds. The average Bonchev–Trinajstić information content (AvgIpc) is 2.95. The van der Waals surface area contributed by atoms with Gasteiger partial charge in [-0.2, -0.15) is 10.1 Å². The highest BCUT2D eigenvalue weighted by Crippen LogP contribution is 2.22. The van der Waals surface area contributed by atoms with E-state index in [0.29, 0.717) is 12.5 Å². The summed E-state index contributed by atoms with van der Waals surface area (Å²) in [5.74, 6) is 1.48. The third kappa shape index (κ3) is 3.48. The summed E-state index contributed by atoms with van der Waals surface area (Å²) >= 11 is 0. The first-order chi connectivity index (χ1) is 11.1. The standard InChI is InChI=1S/C17H20N6/c1-22(2)15-9-10-18-17(20-15)19-11-14-12-23(3)21-16(14)13-7-5-4-6-8-13/h4-10,12H,11H2,1-3H3,(H,18,19,20). The minimum atomic E-state index is 0.610. The topological polar surface area (TPSA) is 58.9 Å². The van der Waals surface area contributed by atoms with Crippen LogP contribution in [0, 0.1) is 0 Å². The third-order valence-electron chi connectivity index (χ3n) is 3.49. The molecule has 0 saturated carbocycles. The number of anilines is 2. The van der Waals surface area contributed by atoms with Gasteiger partial charge in [-0.15, -0.1) is 0 Å². The summed E-state index contributed by atoms with van der Waals surface area (Å²) < 4.78 is 1.83. The molecule has 0 bridgehead atoms. The van der Waals surface area contributed by atoms with Gasteiger partial charge in [-0.3, -0.25) is 4.68 Å². The summed E-state index contributed by atoms with van der Waals surface area (Å²) in [5.41, 5.74) is 3.19. The Balaban J connectivity index is 1.80. The van der Waals surface area contributed by atoms with E-state index in [0.717, 1.165) is 22.6 Å². The van der Waals surface area contributed by atoms with Crippen LogP contribution in [0.4, 0.5) is 11.8 Å². The van der Waals surface area contributed by atoms with Gasteiger partial charge < -0.3 is 10.2 Å². The van der Waals surface area contributed by atoms with Gasteiger partial charge in [-0.25, -0.2) is 4.98 Å². The van der Waals surface area contributed by atoms with Gasteiger partial charge in [0, 0.05) is 51.2 Å². The van der Waals surface area contributed by atoms with Crippen LogP contribution in [0.1, 0.15) is 5.56 Å². The SMILES string of the molecule is CN(C)c1ccnc(NCc2cn(C)nc2-c2ccccc2)n1. The fourth-order valence-corrected chi connectivity index (χ4v) is 2.36. The molecule has 0 radical (unpaired) electrons. The molecule has 0 aliphatic heterocycles. The molecule has 1 N–H and O–H groups in total. The fourth-order valence-electron chi connectivity index (χ4n) is 2.36. The molecular formula is C17H20N6. The van der Waals surface area contributed by atoms with Crippen LogP contribution < -0.4 is 10.2 Å². The third-order valence-corrected chi connectivity index (χ3v) is 3.49. The summed E-state index contributed by atoms with van der Waals surface area (Å²) in [4.78, 5) is 10.7. The normalized spacial score (nSPS) is 10.6. The number of aromatic nitrogens is 4. The highest BCUT2D eigenvalue weighted by Gasteiger charge is 2.10. The number of benzene rings is 1. The maximum Gasteiger partial charge on any atom is 0.224 e. The van der Waals surface area contributed by atoms with Gasteiger partial charge in [0.2, 0.25) is 5.95 Å². The first kappa shape index (κ1) is 15.0. The number of hydrogen-bond donors (Lipinski definition) is 1. The number of rotatable bonds is 5. The van der Waals surface area contributed by atoms with Gasteiger partial charge in [0.25, 0.3) is 0 Å². The van der Waals surface area contributed by atoms with Crippen LogP contribution in [0.5, 0.6) is 0 Å². The van der Waals surface area contributed by atoms with Gasteiger partial charge in [0.15, 0.2) is 0 Å². The number of aryl methyl sites for hydroxylation is 1. The molecule has 0 spiro atoms. The van der Waals surface area contributed by atoms with Crippen LogP contribution in [0.15, 0.2) is 48.8 Å². The number of nitrogens with one attached hydrogen (secondary N) is 1. The van der Waals surface area contributed by atoms with Crippen LogP contribution >= 0.6 is 0 Å². The Bertz CT molecular complexity index is 779. The highest BCUT2D eigenvalue weighted by molar-refractivity contribution is 5.63. The molecule has 1 aromatic carbocycles. The predicted molar refractivity (Wildman–Crippen MR) is 92.3 cm³/mol. The van der Waals surface area contributed by atoms with E-state index in [9.17, 15) is 0 Å². The molecule has 3 aromatic rings. The van der Waals surface area contributed by atoms with E-state index >= 15 is 0 Å². The Morgan fingerprint density at radius 2 is 1.91 bits per heavy atom. The molecule has 2 heterocycles. The van der Waals surface area contributed by atoms with Crippen LogP contribution in [0.25, 0.3) is 11.3 Å². The van der Waals surface area contributed by atoms with Crippen LogP contribution in [0.3, 0.4) is 0 Å². The second-order valence-corrected chi connectivity index (χ2v) is 5.53. The van der Waals surface area contributed by atoms with Crippen molar-refractivity contribution in [2.45, 2.75) is 6.54 Å². The maximum absolute atomic E-state index is 4.57. The van der Waals surface area contributed by atoms with Gasteiger partial charge in [-0.05, 0) is 6.07 Å². The lowest BCUT2D eigenvalue weighted by atomic mass is 10.1. The molecule has 6 nitrogen and oxygen atoms in total. The molecule has 0 aliphatic carbocycles. The minimum Gasteiger partial charge on any atom is -0.363 e. The monoisotopic (exact) mass is 308 g/mol. The van der Waals surface area contributed by atoms with Crippen molar-refractivity contribution < 1.29 is 0 Å². The molecule has 6 heteroatoms. The summed E-state index contributed by atoms with van der Waals surface area (Å²) in [6.45, 7) is 0.620. The molecule has 0 saturated heterocycles. The van der Waals surface area contributed by atoms with E-state index < -0.39 is 0 Å². The summed E-state index contributed by atoms with van der Waals surface area (Å²) in [5, 5.41) is 7.84. The van der Waals surface area contributed by atoms with Crippen molar-refractivity contribution in [3.05, 3.63) is 54.4 Å². The van der Waals surface area contributed by atoms with Crippen molar-refractivity contribution in [3.63, 3.8) is 0 Å². The Morgan fingerprint density at radius 1 is 1.13 bits per heavy atom. The Labute approximate surface area is 135 Å². The molecule has 0 fully saturated rings. The lowest BCUT2D eigenvalue weighted by Gasteiger charge is -2.12. The highest BCUT2D eigenvalue weighted by atomic mass is 15.3. The quantitative estimate of drug-likeness (QED) is 0.785. The van der Waals surface area contributed by atoms with Gasteiger partial charge in [-0.1, -0.05) is 30.3 Å². The molecule has 0 atom stereocenters. The zero-order valence-electron chi connectivity index (χ0n) is 13.6. The zero-order valence-corrected chi connectivity index (χ0v) is 13.6. The largest absolute Gasteiger partial charge is 0.363 e.